The van der Waals surface area contributed by atoms with Gasteiger partial charge in [0.05, 0.1) is 7.11 Å². The number of halogens is 1. The molecule has 0 radical (unpaired) electrons. The van der Waals surface area contributed by atoms with E-state index < -0.39 is 0 Å². The molecule has 4 heteroatoms. The molecule has 0 spiro atoms. The van der Waals surface area contributed by atoms with Crippen molar-refractivity contribution in [3.63, 3.8) is 0 Å². The number of benzene rings is 2. The number of hydrogen-bond donors (Lipinski definition) is 1. The summed E-state index contributed by atoms with van der Waals surface area (Å²) < 4.78 is 18.0. The second-order valence-corrected chi connectivity index (χ2v) is 5.60. The summed E-state index contributed by atoms with van der Waals surface area (Å²) in [6.45, 7) is 2.57. The molecule has 0 aromatic heterocycles. The minimum atomic E-state index is -0.259. The van der Waals surface area contributed by atoms with E-state index in [1.165, 1.54) is 12.1 Å². The fourth-order valence-corrected chi connectivity index (χ4v) is 2.40. The summed E-state index contributed by atoms with van der Waals surface area (Å²) in [5.74, 6) is 0.641. The highest BCUT2D eigenvalue weighted by atomic mass is 19.1. The molecule has 0 aliphatic heterocycles. The number of carbonyl (C=O) groups is 1. The average molecular weight is 315 g/mol. The van der Waals surface area contributed by atoms with Crippen molar-refractivity contribution in [2.24, 2.45) is 0 Å². The second-order valence-electron chi connectivity index (χ2n) is 5.60. The quantitative estimate of drug-likeness (QED) is 0.846. The Morgan fingerprint density at radius 3 is 2.39 bits per heavy atom. The van der Waals surface area contributed by atoms with Crippen molar-refractivity contribution in [3.8, 4) is 5.75 Å². The van der Waals surface area contributed by atoms with Crippen molar-refractivity contribution < 1.29 is 13.9 Å². The van der Waals surface area contributed by atoms with Crippen molar-refractivity contribution in [2.75, 3.05) is 13.7 Å². The van der Waals surface area contributed by atoms with Gasteiger partial charge in [0, 0.05) is 13.0 Å². The molecule has 0 aliphatic carbocycles. The predicted molar refractivity (Wildman–Crippen MR) is 89.1 cm³/mol. The maximum absolute atomic E-state index is 12.9. The predicted octanol–water partition coefficient (Wildman–Crippen LogP) is 3.69. The van der Waals surface area contributed by atoms with Gasteiger partial charge in [0.25, 0.3) is 0 Å². The maximum Gasteiger partial charge on any atom is 0.220 e. The van der Waals surface area contributed by atoms with Gasteiger partial charge in [-0.1, -0.05) is 31.2 Å². The molecule has 1 amide bonds. The highest BCUT2D eigenvalue weighted by molar-refractivity contribution is 5.76. The molecule has 1 atom stereocenters. The lowest BCUT2D eigenvalue weighted by molar-refractivity contribution is -0.121. The molecule has 1 N–H and O–H groups in total. The molecule has 0 heterocycles. The lowest BCUT2D eigenvalue weighted by Crippen LogP contribution is -2.26. The number of methoxy groups -OCH3 is 1. The summed E-state index contributed by atoms with van der Waals surface area (Å²) in [4.78, 5) is 12.0. The number of amides is 1. The van der Waals surface area contributed by atoms with Crippen molar-refractivity contribution in [3.05, 3.63) is 65.5 Å². The number of hydrogen-bond acceptors (Lipinski definition) is 2. The highest BCUT2D eigenvalue weighted by Crippen LogP contribution is 2.19. The Kier molecular flexibility index (Phi) is 6.15. The summed E-state index contributed by atoms with van der Waals surface area (Å²) in [7, 11) is 1.64. The lowest BCUT2D eigenvalue weighted by Gasteiger charge is -2.12. The Bertz CT molecular complexity index is 623. The van der Waals surface area contributed by atoms with E-state index in [9.17, 15) is 9.18 Å². The topological polar surface area (TPSA) is 38.3 Å². The summed E-state index contributed by atoms with van der Waals surface area (Å²) in [6, 6.07) is 14.1. The van der Waals surface area contributed by atoms with Crippen molar-refractivity contribution in [2.45, 2.75) is 25.7 Å². The molecule has 0 fully saturated rings. The third kappa shape index (κ3) is 5.40. The van der Waals surface area contributed by atoms with Gasteiger partial charge in [-0.25, -0.2) is 4.39 Å². The molecule has 122 valence electrons. The number of nitrogens with one attached hydrogen (secondary N) is 1. The van der Waals surface area contributed by atoms with Crippen LogP contribution in [0.5, 0.6) is 5.75 Å². The van der Waals surface area contributed by atoms with Gasteiger partial charge in [-0.3, -0.25) is 4.79 Å². The molecule has 0 aliphatic rings. The lowest BCUT2D eigenvalue weighted by atomic mass is 9.97. The van der Waals surface area contributed by atoms with E-state index in [0.717, 1.165) is 23.3 Å². The zero-order chi connectivity index (χ0) is 16.7. The third-order valence-corrected chi connectivity index (χ3v) is 3.83. The largest absolute Gasteiger partial charge is 0.497 e. The monoisotopic (exact) mass is 315 g/mol. The minimum Gasteiger partial charge on any atom is -0.497 e. The molecule has 0 saturated heterocycles. The highest BCUT2D eigenvalue weighted by Gasteiger charge is 2.11. The van der Waals surface area contributed by atoms with Gasteiger partial charge >= 0.3 is 0 Å². The van der Waals surface area contributed by atoms with Gasteiger partial charge in [0.1, 0.15) is 11.6 Å². The molecule has 1 unspecified atom stereocenters. The molecular formula is C19H22FNO2. The van der Waals surface area contributed by atoms with Gasteiger partial charge in [-0.15, -0.1) is 0 Å². The van der Waals surface area contributed by atoms with Gasteiger partial charge in [-0.2, -0.15) is 0 Å². The zero-order valence-corrected chi connectivity index (χ0v) is 13.5. The third-order valence-electron chi connectivity index (χ3n) is 3.83. The van der Waals surface area contributed by atoms with Gasteiger partial charge in [0.2, 0.25) is 5.91 Å². The second kappa shape index (κ2) is 8.32. The Morgan fingerprint density at radius 1 is 1.13 bits per heavy atom. The molecule has 23 heavy (non-hydrogen) atoms. The molecule has 2 aromatic rings. The maximum atomic E-state index is 12.9. The smallest absolute Gasteiger partial charge is 0.220 e. The average Bonchev–Trinajstić information content (AvgIpc) is 2.56. The summed E-state index contributed by atoms with van der Waals surface area (Å²) in [6.07, 6.45) is 1.18. The Balaban J connectivity index is 1.74. The van der Waals surface area contributed by atoms with E-state index >= 15 is 0 Å². The fourth-order valence-electron chi connectivity index (χ4n) is 2.40. The number of rotatable bonds is 7. The van der Waals surface area contributed by atoms with E-state index in [4.69, 9.17) is 4.74 Å². The summed E-state index contributed by atoms with van der Waals surface area (Å²) in [5.41, 5.74) is 2.12. The van der Waals surface area contributed by atoms with Gasteiger partial charge in [-0.05, 0) is 47.7 Å². The van der Waals surface area contributed by atoms with E-state index in [1.54, 1.807) is 19.2 Å². The van der Waals surface area contributed by atoms with Crippen LogP contribution in [0.15, 0.2) is 48.5 Å². The normalized spacial score (nSPS) is 11.8. The van der Waals surface area contributed by atoms with E-state index in [2.05, 4.69) is 5.32 Å². The van der Waals surface area contributed by atoms with Gasteiger partial charge in [0.15, 0.2) is 0 Å². The Morgan fingerprint density at radius 2 is 1.78 bits per heavy atom. The van der Waals surface area contributed by atoms with Crippen LogP contribution in [0.1, 0.15) is 30.4 Å². The van der Waals surface area contributed by atoms with E-state index in [0.29, 0.717) is 13.0 Å². The Labute approximate surface area is 136 Å². The first-order chi connectivity index (χ1) is 11.1. The SMILES string of the molecule is COc1ccc(CCNC(=O)CC(C)c2ccc(F)cc2)cc1. The fraction of sp³-hybridized carbons (Fsp3) is 0.316. The van der Waals surface area contributed by atoms with Crippen LogP contribution in [0, 0.1) is 5.82 Å². The summed E-state index contributed by atoms with van der Waals surface area (Å²) >= 11 is 0. The van der Waals surface area contributed by atoms with Crippen LogP contribution in [0.25, 0.3) is 0 Å². The molecule has 0 bridgehead atoms. The molecule has 3 nitrogen and oxygen atoms in total. The molecule has 2 rings (SSSR count). The van der Waals surface area contributed by atoms with Crippen molar-refractivity contribution in [1.82, 2.24) is 5.32 Å². The molecule has 2 aromatic carbocycles. The first kappa shape index (κ1) is 17.0. The van der Waals surface area contributed by atoms with Crippen molar-refractivity contribution in [1.29, 1.82) is 0 Å². The van der Waals surface area contributed by atoms with E-state index in [-0.39, 0.29) is 17.6 Å². The van der Waals surface area contributed by atoms with Crippen LogP contribution in [-0.2, 0) is 11.2 Å². The standard InChI is InChI=1S/C19H22FNO2/c1-14(16-5-7-17(20)8-6-16)13-19(22)21-12-11-15-3-9-18(23-2)10-4-15/h3-10,14H,11-13H2,1-2H3,(H,21,22). The summed E-state index contributed by atoms with van der Waals surface area (Å²) in [5, 5.41) is 2.93. The van der Waals surface area contributed by atoms with Crippen LogP contribution in [-0.4, -0.2) is 19.6 Å². The van der Waals surface area contributed by atoms with Crippen LogP contribution < -0.4 is 10.1 Å². The Hall–Kier alpha value is -2.36. The van der Waals surface area contributed by atoms with Gasteiger partial charge < -0.3 is 10.1 Å². The molecule has 0 saturated carbocycles. The first-order valence-electron chi connectivity index (χ1n) is 7.73. The van der Waals surface area contributed by atoms with Crippen LogP contribution in [0.3, 0.4) is 0 Å². The first-order valence-corrected chi connectivity index (χ1v) is 7.73. The molecular weight excluding hydrogens is 293 g/mol. The van der Waals surface area contributed by atoms with Crippen LogP contribution >= 0.6 is 0 Å². The van der Waals surface area contributed by atoms with Crippen LogP contribution in [0.4, 0.5) is 4.39 Å². The minimum absolute atomic E-state index is 0.00957. The number of carbonyl (C=O) groups excluding carboxylic acids is 1. The van der Waals surface area contributed by atoms with Crippen LogP contribution in [0.2, 0.25) is 0 Å². The zero-order valence-electron chi connectivity index (χ0n) is 13.5. The van der Waals surface area contributed by atoms with E-state index in [1.807, 2.05) is 31.2 Å². The number of ether oxygens (including phenoxy) is 1. The van der Waals surface area contributed by atoms with Crippen molar-refractivity contribution >= 4 is 5.91 Å².